The second-order valence-electron chi connectivity index (χ2n) is 3.22. The molecule has 1 aromatic rings. The molecule has 2 amide bonds. The molecule has 0 radical (unpaired) electrons. The summed E-state index contributed by atoms with van der Waals surface area (Å²) in [5.74, 6) is -0.369. The van der Waals surface area contributed by atoms with Gasteiger partial charge in [0.05, 0.1) is 12.4 Å². The van der Waals surface area contributed by atoms with Gasteiger partial charge >= 0.3 is 0 Å². The van der Waals surface area contributed by atoms with Gasteiger partial charge in [-0.3, -0.25) is 14.7 Å². The van der Waals surface area contributed by atoms with Crippen LogP contribution < -0.4 is 21.5 Å². The molecule has 0 heterocycles. The molecule has 6 nitrogen and oxygen atoms in total. The number of nitrogens with one attached hydrogen (secondary N) is 2. The number of primary amides is 1. The largest absolute Gasteiger partial charge is 0.375 e. The second-order valence-corrected chi connectivity index (χ2v) is 3.84. The summed E-state index contributed by atoms with van der Waals surface area (Å²) in [6.45, 7) is -0.171. The maximum atomic E-state index is 11.6. The number of anilines is 1. The monoisotopic (exact) mass is 254 g/mol. The van der Waals surface area contributed by atoms with E-state index in [2.05, 4.69) is 10.6 Å². The lowest BCUT2D eigenvalue weighted by Gasteiger charge is -2.07. The summed E-state index contributed by atoms with van der Waals surface area (Å²) in [6, 6.07) is 6.88. The predicted octanol–water partition coefficient (Wildman–Crippen LogP) is -0.122. The Labute approximate surface area is 103 Å². The molecule has 17 heavy (non-hydrogen) atoms. The van der Waals surface area contributed by atoms with Crippen LogP contribution in [-0.4, -0.2) is 24.2 Å². The molecule has 0 unspecified atom stereocenters. The molecule has 0 bridgehead atoms. The zero-order valence-corrected chi connectivity index (χ0v) is 9.92. The van der Waals surface area contributed by atoms with Crippen LogP contribution in [-0.2, 0) is 4.79 Å². The molecule has 0 aliphatic carbocycles. The van der Waals surface area contributed by atoms with Crippen molar-refractivity contribution in [2.24, 2.45) is 10.9 Å². The Morgan fingerprint density at radius 3 is 2.76 bits per heavy atom. The minimum Gasteiger partial charge on any atom is -0.375 e. The van der Waals surface area contributed by atoms with Gasteiger partial charge in [0.15, 0.2) is 0 Å². The van der Waals surface area contributed by atoms with Gasteiger partial charge in [0.2, 0.25) is 5.91 Å². The third-order valence-corrected chi connectivity index (χ3v) is 2.22. The molecule has 92 valence electrons. The molecule has 1 aromatic carbocycles. The van der Waals surface area contributed by atoms with Crippen LogP contribution in [0.4, 0.5) is 5.69 Å². The van der Waals surface area contributed by atoms with E-state index < -0.39 is 5.91 Å². The van der Waals surface area contributed by atoms with Crippen molar-refractivity contribution in [2.75, 3.05) is 17.7 Å². The van der Waals surface area contributed by atoms with Crippen LogP contribution in [0.15, 0.2) is 24.3 Å². The standard InChI is InChI=1S/C10H14N4O2S/c11-9(15)5-13-10(16)7-2-1-3-8(4-7)14-6-17-12/h1-4,14H,5-6,12H2,(H2,11,15)(H,13,16). The number of carbonyl (C=O) groups excluding carboxylic acids is 2. The molecule has 0 aliphatic heterocycles. The molecule has 0 spiro atoms. The molecule has 0 saturated carbocycles. The topological polar surface area (TPSA) is 110 Å². The van der Waals surface area contributed by atoms with Crippen molar-refractivity contribution in [2.45, 2.75) is 0 Å². The first-order chi connectivity index (χ1) is 8.13. The summed E-state index contributed by atoms with van der Waals surface area (Å²) >= 11 is 1.15. The van der Waals surface area contributed by atoms with Gasteiger partial charge in [0.1, 0.15) is 0 Å². The van der Waals surface area contributed by atoms with Crippen molar-refractivity contribution in [1.29, 1.82) is 0 Å². The quantitative estimate of drug-likeness (QED) is 0.418. The van der Waals surface area contributed by atoms with Gasteiger partial charge in [-0.2, -0.15) is 0 Å². The average molecular weight is 254 g/mol. The Balaban J connectivity index is 2.63. The molecular weight excluding hydrogens is 240 g/mol. The molecule has 0 atom stereocenters. The lowest BCUT2D eigenvalue weighted by Crippen LogP contribution is -2.33. The molecule has 6 N–H and O–H groups in total. The number of rotatable bonds is 6. The molecule has 1 rings (SSSR count). The fraction of sp³-hybridized carbons (Fsp3) is 0.200. The Kier molecular flexibility index (Phi) is 5.31. The highest BCUT2D eigenvalue weighted by atomic mass is 32.2. The molecular formula is C10H14N4O2S. The zero-order chi connectivity index (χ0) is 12.7. The van der Waals surface area contributed by atoms with Crippen LogP contribution in [0, 0.1) is 0 Å². The van der Waals surface area contributed by atoms with E-state index in [-0.39, 0.29) is 12.5 Å². The maximum Gasteiger partial charge on any atom is 0.251 e. The lowest BCUT2D eigenvalue weighted by molar-refractivity contribution is -0.117. The fourth-order valence-electron chi connectivity index (χ4n) is 1.16. The van der Waals surface area contributed by atoms with Crippen molar-refractivity contribution < 1.29 is 9.59 Å². The first-order valence-corrected chi connectivity index (χ1v) is 5.90. The average Bonchev–Trinajstić information content (AvgIpc) is 2.33. The number of benzene rings is 1. The fourth-order valence-corrected chi connectivity index (χ4v) is 1.41. The summed E-state index contributed by atoms with van der Waals surface area (Å²) in [4.78, 5) is 22.1. The highest BCUT2D eigenvalue weighted by Crippen LogP contribution is 2.11. The van der Waals surface area contributed by atoms with E-state index in [1.165, 1.54) is 0 Å². The van der Waals surface area contributed by atoms with E-state index in [1.54, 1.807) is 18.2 Å². The summed E-state index contributed by atoms with van der Waals surface area (Å²) in [7, 11) is 0. The minimum atomic E-state index is -0.577. The Morgan fingerprint density at radius 1 is 1.35 bits per heavy atom. The van der Waals surface area contributed by atoms with Gasteiger partial charge in [0.25, 0.3) is 5.91 Å². The van der Waals surface area contributed by atoms with Gasteiger partial charge in [0, 0.05) is 11.3 Å². The Hall–Kier alpha value is -1.73. The Morgan fingerprint density at radius 2 is 2.12 bits per heavy atom. The van der Waals surface area contributed by atoms with E-state index in [0.29, 0.717) is 11.4 Å². The molecule has 0 aromatic heterocycles. The van der Waals surface area contributed by atoms with E-state index >= 15 is 0 Å². The third kappa shape index (κ3) is 4.75. The van der Waals surface area contributed by atoms with Crippen LogP contribution >= 0.6 is 11.9 Å². The van der Waals surface area contributed by atoms with Crippen molar-refractivity contribution in [3.8, 4) is 0 Å². The van der Waals surface area contributed by atoms with Crippen molar-refractivity contribution in [3.05, 3.63) is 29.8 Å². The number of carbonyl (C=O) groups is 2. The normalized spacial score (nSPS) is 9.71. The van der Waals surface area contributed by atoms with Crippen LogP contribution in [0.2, 0.25) is 0 Å². The van der Waals surface area contributed by atoms with Crippen LogP contribution in [0.5, 0.6) is 0 Å². The first kappa shape index (κ1) is 13.3. The maximum absolute atomic E-state index is 11.6. The smallest absolute Gasteiger partial charge is 0.251 e. The molecule has 0 fully saturated rings. The summed E-state index contributed by atoms with van der Waals surface area (Å²) in [5.41, 5.74) is 6.18. The van der Waals surface area contributed by atoms with Crippen LogP contribution in [0.1, 0.15) is 10.4 Å². The van der Waals surface area contributed by atoms with E-state index in [0.717, 1.165) is 17.6 Å². The van der Waals surface area contributed by atoms with Crippen LogP contribution in [0.25, 0.3) is 0 Å². The van der Waals surface area contributed by atoms with Gasteiger partial charge < -0.3 is 16.4 Å². The van der Waals surface area contributed by atoms with Crippen molar-refractivity contribution >= 4 is 29.4 Å². The number of hydrogen-bond donors (Lipinski definition) is 4. The van der Waals surface area contributed by atoms with Crippen molar-refractivity contribution in [1.82, 2.24) is 5.32 Å². The number of nitrogens with two attached hydrogens (primary N) is 2. The van der Waals surface area contributed by atoms with Crippen molar-refractivity contribution in [3.63, 3.8) is 0 Å². The molecule has 0 aliphatic rings. The van der Waals surface area contributed by atoms with Gasteiger partial charge in [-0.1, -0.05) is 18.0 Å². The van der Waals surface area contributed by atoms with E-state index in [4.69, 9.17) is 10.9 Å². The second kappa shape index (κ2) is 6.77. The lowest BCUT2D eigenvalue weighted by atomic mass is 10.2. The highest BCUT2D eigenvalue weighted by Gasteiger charge is 2.06. The molecule has 0 saturated heterocycles. The number of hydrogen-bond acceptors (Lipinski definition) is 5. The summed E-state index contributed by atoms with van der Waals surface area (Å²) < 4.78 is 0. The van der Waals surface area contributed by atoms with Gasteiger partial charge in [-0.25, -0.2) is 0 Å². The molecule has 7 heteroatoms. The number of amides is 2. The zero-order valence-electron chi connectivity index (χ0n) is 9.10. The third-order valence-electron chi connectivity index (χ3n) is 1.91. The predicted molar refractivity (Wildman–Crippen MR) is 68.2 cm³/mol. The van der Waals surface area contributed by atoms with Gasteiger partial charge in [-0.05, 0) is 18.2 Å². The summed E-state index contributed by atoms with van der Waals surface area (Å²) in [5, 5.41) is 10.7. The highest BCUT2D eigenvalue weighted by molar-refractivity contribution is 7.97. The summed E-state index contributed by atoms with van der Waals surface area (Å²) in [6.07, 6.45) is 0. The van der Waals surface area contributed by atoms with Gasteiger partial charge in [-0.15, -0.1) is 0 Å². The Bertz CT molecular complexity index is 411. The van der Waals surface area contributed by atoms with E-state index in [9.17, 15) is 9.59 Å². The SMILES string of the molecule is NSCNc1cccc(C(=O)NCC(N)=O)c1. The van der Waals surface area contributed by atoms with Crippen LogP contribution in [0.3, 0.4) is 0 Å². The van der Waals surface area contributed by atoms with E-state index in [1.807, 2.05) is 6.07 Å². The minimum absolute atomic E-state index is 0.171. The first-order valence-electron chi connectivity index (χ1n) is 4.85.